The number of nitrogens with zero attached hydrogens (tertiary/aromatic N) is 12. The van der Waals surface area contributed by atoms with Crippen LogP contribution in [0.1, 0.15) is 207 Å². The van der Waals surface area contributed by atoms with Crippen LogP contribution in [0.5, 0.6) is 23.0 Å². The van der Waals surface area contributed by atoms with Crippen LogP contribution in [0.2, 0.25) is 0 Å². The lowest BCUT2D eigenvalue weighted by Gasteiger charge is -2.12. The summed E-state index contributed by atoms with van der Waals surface area (Å²) in [6, 6.07) is 54.1. The lowest BCUT2D eigenvalue weighted by atomic mass is 9.99. The third-order valence-electron chi connectivity index (χ3n) is 20.1. The lowest BCUT2D eigenvalue weighted by molar-refractivity contribution is -0.136. The van der Waals surface area contributed by atoms with E-state index in [1.807, 2.05) is 116 Å². The topological polar surface area (TPSA) is 366 Å². The zero-order valence-corrected chi connectivity index (χ0v) is 65.7. The van der Waals surface area contributed by atoms with Gasteiger partial charge in [0.1, 0.15) is 47.3 Å². The monoisotopic (exact) mass is 1570 g/mol. The van der Waals surface area contributed by atoms with Gasteiger partial charge in [0.15, 0.2) is 0 Å². The van der Waals surface area contributed by atoms with Crippen LogP contribution in [-0.4, -0.2) is 88.5 Å². The molecule has 8 aromatic carbocycles. The number of nitriles is 4. The number of aliphatic carboxylic acids is 1. The summed E-state index contributed by atoms with van der Waals surface area (Å²) in [6.07, 6.45) is 7.61. The quantitative estimate of drug-likeness (QED) is 0.0638. The Bertz CT molecular complexity index is 5600. The van der Waals surface area contributed by atoms with Crippen molar-refractivity contribution in [2.24, 2.45) is 0 Å². The first kappa shape index (κ1) is 84.3. The van der Waals surface area contributed by atoms with Gasteiger partial charge in [0.05, 0.1) is 59.3 Å². The number of rotatable bonds is 20. The van der Waals surface area contributed by atoms with E-state index in [1.165, 1.54) is 29.2 Å². The van der Waals surface area contributed by atoms with Crippen molar-refractivity contribution in [3.05, 3.63) is 212 Å². The number of carboxylic acid groups (broad SMARTS) is 1. The first-order chi connectivity index (χ1) is 55.5. The number of ether oxygens (including phenoxy) is 4. The molecule has 0 radical (unpaired) electrons. The SMILES string of the molecule is C.C.CC(=O)NC1CCc2c(-c3noc(-c4ccc(OC(C)C)c(C#N)c4)n3)cccc21.CC(C)Oc1ccc(-c2nc(-c3cccc4c3CCC4C)no2)cc1C#N.CC(C)Oc1ccc(-c2nc(-c3cccc4c3CCC4NCC(=O)O)no2)cc1C#N.CC(C)Oc1ccc(-c2nc(-c3cccc4c3CC[C@@H]4C)no2)cc1C#N. The molecule has 25 heteroatoms. The van der Waals surface area contributed by atoms with Gasteiger partial charge in [-0.2, -0.15) is 41.0 Å². The Balaban J connectivity index is 0.000000153. The van der Waals surface area contributed by atoms with Crippen LogP contribution >= 0.6 is 0 Å². The molecule has 0 spiro atoms. The van der Waals surface area contributed by atoms with Crippen LogP contribution in [0, 0.1) is 45.3 Å². The Kier molecular flexibility index (Phi) is 27.1. The predicted octanol–water partition coefficient (Wildman–Crippen LogP) is 19.4. The number of aromatic nitrogens is 8. The average molecular weight is 1570 g/mol. The molecule has 4 aliphatic rings. The molecule has 12 aromatic rings. The molecule has 0 fully saturated rings. The van der Waals surface area contributed by atoms with Gasteiger partial charge in [0.2, 0.25) is 29.2 Å². The summed E-state index contributed by atoms with van der Waals surface area (Å²) in [6.45, 7) is 21.3. The van der Waals surface area contributed by atoms with E-state index in [0.717, 1.165) is 95.9 Å². The molecule has 4 atom stereocenters. The van der Waals surface area contributed by atoms with E-state index < -0.39 is 5.97 Å². The number of hydrogen-bond acceptors (Lipinski definition) is 23. The number of fused-ring (bicyclic) bond motifs is 4. The van der Waals surface area contributed by atoms with Gasteiger partial charge < -0.3 is 52.8 Å². The van der Waals surface area contributed by atoms with Crippen LogP contribution < -0.4 is 29.6 Å². The maximum absolute atomic E-state index is 11.5. The van der Waals surface area contributed by atoms with E-state index >= 15 is 0 Å². The van der Waals surface area contributed by atoms with Gasteiger partial charge in [-0.15, -0.1) is 0 Å². The standard InChI is InChI=1S/C23H22N4O4.C23H22N4O3.2C22H21N3O2.2CH4/c1-13(2)30-20-9-6-14(10-15(20)11-24)23-26-22(27-31-23)18-5-3-4-17-16(18)7-8-19(17)25-12-21(28)29;1-13(2)29-21-10-7-15(11-16(21)12-24)23-26-22(27-30-23)19-6-4-5-18-17(19)8-9-20(18)25-14(3)28;2*1-13(2)26-20-10-8-15(11-16(20)12-23)22-24-21(25-27-22)19-6-4-5-17-14(3)7-9-18(17)19;;/h3-6,9-10,13,19,25H,7-8,12H2,1-2H3,(H,28,29);4-7,10-11,13,20H,8-9H2,1-3H3,(H,25,28);2*4-6,8,10-11,13-14H,7,9H2,1-3H3;2*1H4/t;;14-;;;/m..0.../s1. The van der Waals surface area contributed by atoms with Gasteiger partial charge in [0.25, 0.3) is 23.6 Å². The predicted molar refractivity (Wildman–Crippen MR) is 441 cm³/mol. The molecule has 117 heavy (non-hydrogen) atoms. The van der Waals surface area contributed by atoms with Gasteiger partial charge in [-0.05, 0) is 236 Å². The van der Waals surface area contributed by atoms with Gasteiger partial charge in [-0.1, -0.05) is 122 Å². The molecule has 0 saturated heterocycles. The van der Waals surface area contributed by atoms with Crippen molar-refractivity contribution in [2.45, 2.75) is 191 Å². The van der Waals surface area contributed by atoms with E-state index in [9.17, 15) is 30.6 Å². The van der Waals surface area contributed by atoms with Crippen molar-refractivity contribution < 1.29 is 51.7 Å². The van der Waals surface area contributed by atoms with E-state index in [4.69, 9.17) is 42.1 Å². The summed E-state index contributed by atoms with van der Waals surface area (Å²) < 4.78 is 44.7. The molecule has 16 rings (SSSR count). The highest BCUT2D eigenvalue weighted by Gasteiger charge is 2.31. The molecule has 0 bridgehead atoms. The van der Waals surface area contributed by atoms with Crippen molar-refractivity contribution in [3.63, 3.8) is 0 Å². The molecule has 0 aliphatic heterocycles. The second kappa shape index (κ2) is 37.6. The maximum Gasteiger partial charge on any atom is 0.317 e. The van der Waals surface area contributed by atoms with Crippen molar-refractivity contribution >= 4 is 11.9 Å². The zero-order valence-electron chi connectivity index (χ0n) is 65.7. The summed E-state index contributed by atoms with van der Waals surface area (Å²) in [5.41, 5.74) is 18.0. The Labute approximate surface area is 680 Å². The minimum atomic E-state index is -0.881. The molecule has 598 valence electrons. The normalized spacial score (nSPS) is 15.0. The van der Waals surface area contributed by atoms with Crippen LogP contribution in [-0.2, 0) is 35.3 Å². The highest BCUT2D eigenvalue weighted by atomic mass is 16.5. The number of hydrogen-bond donors (Lipinski definition) is 3. The maximum atomic E-state index is 11.5. The van der Waals surface area contributed by atoms with Crippen LogP contribution in [0.15, 0.2) is 164 Å². The molecular formula is C92H94N14O11. The smallest absolute Gasteiger partial charge is 0.317 e. The largest absolute Gasteiger partial charge is 0.490 e. The molecular weight excluding hydrogens is 1480 g/mol. The Morgan fingerprint density at radius 1 is 0.419 bits per heavy atom. The Morgan fingerprint density at radius 3 is 0.974 bits per heavy atom. The molecule has 4 aromatic heterocycles. The number of carbonyl (C=O) groups excluding carboxylic acids is 1. The van der Waals surface area contributed by atoms with Gasteiger partial charge in [-0.25, -0.2) is 0 Å². The highest BCUT2D eigenvalue weighted by Crippen LogP contribution is 2.43. The Hall–Kier alpha value is -13.6. The molecule has 25 nitrogen and oxygen atoms in total. The zero-order chi connectivity index (χ0) is 81.1. The molecule has 3 unspecified atom stereocenters. The van der Waals surface area contributed by atoms with Gasteiger partial charge >= 0.3 is 5.97 Å². The fraction of sp³-hybridized carbons (Fsp3) is 0.326. The molecule has 3 N–H and O–H groups in total. The van der Waals surface area contributed by atoms with Crippen molar-refractivity contribution in [1.29, 1.82) is 21.0 Å². The molecule has 0 saturated carbocycles. The number of carbonyl (C=O) groups is 2. The number of carboxylic acids is 1. The summed E-state index contributed by atoms with van der Waals surface area (Å²) in [5.74, 6) is 5.99. The van der Waals surface area contributed by atoms with Crippen molar-refractivity contribution in [1.82, 2.24) is 51.2 Å². The minimum absolute atomic E-state index is 0. The third-order valence-corrected chi connectivity index (χ3v) is 20.1. The summed E-state index contributed by atoms with van der Waals surface area (Å²) in [7, 11) is 0. The highest BCUT2D eigenvalue weighted by molar-refractivity contribution is 5.76. The number of amides is 1. The molecule has 4 aliphatic carbocycles. The summed E-state index contributed by atoms with van der Waals surface area (Å²) in [5, 5.41) is 69.5. The molecule has 1 amide bonds. The third kappa shape index (κ3) is 19.3. The van der Waals surface area contributed by atoms with Gasteiger partial charge in [0, 0.05) is 57.5 Å². The molecule has 4 heterocycles. The first-order valence-electron chi connectivity index (χ1n) is 38.5. The summed E-state index contributed by atoms with van der Waals surface area (Å²) in [4.78, 5) is 40.7. The van der Waals surface area contributed by atoms with E-state index in [1.54, 1.807) is 60.7 Å². The first-order valence-corrected chi connectivity index (χ1v) is 38.5. The van der Waals surface area contributed by atoms with Crippen LogP contribution in [0.25, 0.3) is 91.4 Å². The van der Waals surface area contributed by atoms with E-state index in [-0.39, 0.29) is 63.8 Å². The summed E-state index contributed by atoms with van der Waals surface area (Å²) >= 11 is 0. The van der Waals surface area contributed by atoms with Crippen molar-refractivity contribution in [2.75, 3.05) is 6.54 Å². The second-order valence-corrected chi connectivity index (χ2v) is 29.7. The minimum Gasteiger partial charge on any atom is -0.490 e. The average Bonchev–Trinajstić information content (AvgIpc) is 1.62. The fourth-order valence-corrected chi connectivity index (χ4v) is 14.9. The van der Waals surface area contributed by atoms with Crippen LogP contribution in [0.3, 0.4) is 0 Å². The second-order valence-electron chi connectivity index (χ2n) is 29.7. The van der Waals surface area contributed by atoms with E-state index in [0.29, 0.717) is 126 Å². The van der Waals surface area contributed by atoms with E-state index in [2.05, 4.69) is 114 Å². The number of benzene rings is 8. The van der Waals surface area contributed by atoms with Gasteiger partial charge in [-0.3, -0.25) is 9.59 Å². The van der Waals surface area contributed by atoms with Crippen LogP contribution in [0.4, 0.5) is 0 Å². The number of nitrogens with one attached hydrogen (secondary N) is 2. The Morgan fingerprint density at radius 2 is 0.692 bits per heavy atom. The fourth-order valence-electron chi connectivity index (χ4n) is 14.9. The lowest BCUT2D eigenvalue weighted by Crippen LogP contribution is -2.25. The van der Waals surface area contributed by atoms with Crippen molar-refractivity contribution in [3.8, 4) is 139 Å².